The van der Waals surface area contributed by atoms with Crippen LogP contribution in [0, 0.1) is 13.8 Å². The van der Waals surface area contributed by atoms with Crippen molar-refractivity contribution in [2.24, 2.45) is 4.99 Å². The predicted octanol–water partition coefficient (Wildman–Crippen LogP) is 2.72. The fourth-order valence-corrected chi connectivity index (χ4v) is 3.60. The summed E-state index contributed by atoms with van der Waals surface area (Å²) in [5.41, 5.74) is 1.06. The van der Waals surface area contributed by atoms with Crippen molar-refractivity contribution >= 4 is 41.3 Å². The van der Waals surface area contributed by atoms with Crippen molar-refractivity contribution in [2.75, 3.05) is 33.2 Å². The van der Waals surface area contributed by atoms with E-state index in [0.717, 1.165) is 17.1 Å². The van der Waals surface area contributed by atoms with Gasteiger partial charge in [0, 0.05) is 44.0 Å². The van der Waals surface area contributed by atoms with Crippen molar-refractivity contribution in [1.82, 2.24) is 20.5 Å². The zero-order chi connectivity index (χ0) is 17.7. The highest BCUT2D eigenvalue weighted by molar-refractivity contribution is 14.0. The van der Waals surface area contributed by atoms with Crippen molar-refractivity contribution in [3.05, 3.63) is 15.6 Å². The number of aryl methyl sites for hydroxylation is 2. The Balaban J connectivity index is 0.00000312. The van der Waals surface area contributed by atoms with Gasteiger partial charge in [-0.3, -0.25) is 9.89 Å². The molecular weight excluding hydrogens is 466 g/mol. The first kappa shape index (κ1) is 22.4. The Labute approximate surface area is 167 Å². The summed E-state index contributed by atoms with van der Waals surface area (Å²) in [6.07, 6.45) is -2.66. The van der Waals surface area contributed by atoms with E-state index in [1.165, 1.54) is 9.78 Å². The lowest BCUT2D eigenvalue weighted by Crippen LogP contribution is -2.45. The molecule has 0 aromatic carbocycles. The highest BCUT2D eigenvalue weighted by Gasteiger charge is 2.34. The van der Waals surface area contributed by atoms with Gasteiger partial charge in [-0.25, -0.2) is 4.98 Å². The largest absolute Gasteiger partial charge is 0.401 e. The molecule has 0 aliphatic carbocycles. The maximum absolute atomic E-state index is 12.4. The molecule has 1 aromatic rings. The molecule has 1 aromatic heterocycles. The normalized spacial score (nSPS) is 19.0. The lowest BCUT2D eigenvalue weighted by atomic mass is 10.3. The van der Waals surface area contributed by atoms with Gasteiger partial charge in [-0.1, -0.05) is 0 Å². The number of nitrogens with one attached hydrogen (secondary N) is 2. The van der Waals surface area contributed by atoms with Crippen molar-refractivity contribution in [1.29, 1.82) is 0 Å². The molecule has 1 atom stereocenters. The summed E-state index contributed by atoms with van der Waals surface area (Å²) >= 11 is 1.69. The van der Waals surface area contributed by atoms with Crippen molar-refractivity contribution in [2.45, 2.75) is 38.9 Å². The first-order chi connectivity index (χ1) is 11.3. The van der Waals surface area contributed by atoms with Gasteiger partial charge in [-0.05, 0) is 20.3 Å². The number of rotatable bonds is 5. The van der Waals surface area contributed by atoms with Gasteiger partial charge in [0.2, 0.25) is 0 Å². The molecule has 5 nitrogen and oxygen atoms in total. The SMILES string of the molecule is CN=C(NCCc1nc(C)c(C)s1)NC1CCN(CC(F)(F)F)C1.I. The molecule has 25 heavy (non-hydrogen) atoms. The Morgan fingerprint density at radius 2 is 2.12 bits per heavy atom. The van der Waals surface area contributed by atoms with E-state index in [1.807, 2.05) is 6.92 Å². The Kier molecular flexibility index (Phi) is 8.89. The molecule has 2 heterocycles. The van der Waals surface area contributed by atoms with Crippen LogP contribution < -0.4 is 10.6 Å². The number of hydrogen-bond acceptors (Lipinski definition) is 4. The number of halogens is 4. The quantitative estimate of drug-likeness (QED) is 0.378. The van der Waals surface area contributed by atoms with E-state index in [-0.39, 0.29) is 30.0 Å². The minimum absolute atomic E-state index is 0. The topological polar surface area (TPSA) is 52.6 Å². The van der Waals surface area contributed by atoms with Gasteiger partial charge in [0.05, 0.1) is 17.2 Å². The van der Waals surface area contributed by atoms with Crippen molar-refractivity contribution < 1.29 is 13.2 Å². The summed E-state index contributed by atoms with van der Waals surface area (Å²) in [6.45, 7) is 4.72. The Morgan fingerprint density at radius 3 is 2.68 bits per heavy atom. The van der Waals surface area contributed by atoms with E-state index in [9.17, 15) is 13.2 Å². The fraction of sp³-hybridized carbons (Fsp3) is 0.733. The standard InChI is InChI=1S/C15H24F3N5S.HI/c1-10-11(2)24-13(21-10)4-6-20-14(19-3)22-12-5-7-23(8-12)9-15(16,17)18;/h12H,4-9H2,1-3H3,(H2,19,20,22);1H. The predicted molar refractivity (Wildman–Crippen MR) is 106 cm³/mol. The van der Waals surface area contributed by atoms with Gasteiger partial charge in [-0.2, -0.15) is 13.2 Å². The van der Waals surface area contributed by atoms with Crippen LogP contribution in [0.4, 0.5) is 13.2 Å². The smallest absolute Gasteiger partial charge is 0.356 e. The van der Waals surface area contributed by atoms with Gasteiger partial charge in [-0.15, -0.1) is 35.3 Å². The third-order valence-electron chi connectivity index (χ3n) is 3.94. The third-order valence-corrected chi connectivity index (χ3v) is 5.08. The lowest BCUT2D eigenvalue weighted by Gasteiger charge is -2.19. The second kappa shape index (κ2) is 9.91. The molecule has 1 fully saturated rings. The molecule has 0 bridgehead atoms. The van der Waals surface area contributed by atoms with Gasteiger partial charge >= 0.3 is 6.18 Å². The van der Waals surface area contributed by atoms with E-state index in [1.54, 1.807) is 18.4 Å². The maximum Gasteiger partial charge on any atom is 0.401 e. The summed E-state index contributed by atoms with van der Waals surface area (Å²) in [5.74, 6) is 0.624. The van der Waals surface area contributed by atoms with Crippen LogP contribution >= 0.6 is 35.3 Å². The zero-order valence-electron chi connectivity index (χ0n) is 14.6. The minimum atomic E-state index is -4.14. The fourth-order valence-electron chi connectivity index (χ4n) is 2.67. The third kappa shape index (κ3) is 7.65. The van der Waals surface area contributed by atoms with Gasteiger partial charge in [0.25, 0.3) is 0 Å². The molecule has 2 rings (SSSR count). The monoisotopic (exact) mass is 491 g/mol. The van der Waals surface area contributed by atoms with Crippen LogP contribution in [0.25, 0.3) is 0 Å². The number of aliphatic imine (C=N–C) groups is 1. The molecule has 10 heteroatoms. The van der Waals surface area contributed by atoms with E-state index in [2.05, 4.69) is 27.5 Å². The molecule has 0 amide bonds. The maximum atomic E-state index is 12.4. The number of aromatic nitrogens is 1. The van der Waals surface area contributed by atoms with Gasteiger partial charge < -0.3 is 10.6 Å². The summed E-state index contributed by atoms with van der Waals surface area (Å²) in [5, 5.41) is 7.47. The molecule has 0 spiro atoms. The number of likely N-dealkylation sites (tertiary alicyclic amines) is 1. The van der Waals surface area contributed by atoms with Crippen molar-refractivity contribution in [3.8, 4) is 0 Å². The Hall–Kier alpha value is -0.620. The minimum Gasteiger partial charge on any atom is -0.356 e. The van der Waals surface area contributed by atoms with Crippen LogP contribution in [0.5, 0.6) is 0 Å². The number of alkyl halides is 3. The molecule has 1 aliphatic heterocycles. The van der Waals surface area contributed by atoms with E-state index >= 15 is 0 Å². The van der Waals surface area contributed by atoms with Gasteiger partial charge in [0.15, 0.2) is 5.96 Å². The lowest BCUT2D eigenvalue weighted by molar-refractivity contribution is -0.143. The first-order valence-electron chi connectivity index (χ1n) is 7.96. The van der Waals surface area contributed by atoms with Crippen LogP contribution in [0.15, 0.2) is 4.99 Å². The second-order valence-electron chi connectivity index (χ2n) is 5.98. The molecule has 1 aliphatic rings. The average molecular weight is 491 g/mol. The van der Waals surface area contributed by atoms with E-state index in [0.29, 0.717) is 32.0 Å². The Bertz CT molecular complexity index is 557. The summed E-state index contributed by atoms with van der Waals surface area (Å²) in [7, 11) is 1.66. The first-order valence-corrected chi connectivity index (χ1v) is 8.77. The van der Waals surface area contributed by atoms with Crippen LogP contribution in [0.3, 0.4) is 0 Å². The number of guanidine groups is 1. The summed E-state index contributed by atoms with van der Waals surface area (Å²) < 4.78 is 37.3. The van der Waals surface area contributed by atoms with Crippen molar-refractivity contribution in [3.63, 3.8) is 0 Å². The molecule has 1 saturated heterocycles. The number of nitrogens with zero attached hydrogens (tertiary/aromatic N) is 3. The number of thiazole rings is 1. The molecule has 144 valence electrons. The van der Waals surface area contributed by atoms with Crippen LogP contribution in [0.2, 0.25) is 0 Å². The summed E-state index contributed by atoms with van der Waals surface area (Å²) in [6, 6.07) is -0.0112. The molecular formula is C15H25F3IN5S. The average Bonchev–Trinajstić information content (AvgIpc) is 3.03. The molecule has 1 unspecified atom stereocenters. The van der Waals surface area contributed by atoms with Crippen LogP contribution in [0.1, 0.15) is 22.0 Å². The van der Waals surface area contributed by atoms with Crippen LogP contribution in [-0.4, -0.2) is 61.3 Å². The van der Waals surface area contributed by atoms with E-state index in [4.69, 9.17) is 0 Å². The highest BCUT2D eigenvalue weighted by Crippen LogP contribution is 2.20. The Morgan fingerprint density at radius 1 is 1.40 bits per heavy atom. The highest BCUT2D eigenvalue weighted by atomic mass is 127. The number of hydrogen-bond donors (Lipinski definition) is 2. The van der Waals surface area contributed by atoms with Crippen LogP contribution in [-0.2, 0) is 6.42 Å². The second-order valence-corrected chi connectivity index (χ2v) is 7.27. The zero-order valence-corrected chi connectivity index (χ0v) is 17.8. The molecule has 2 N–H and O–H groups in total. The molecule has 0 saturated carbocycles. The summed E-state index contributed by atoms with van der Waals surface area (Å²) in [4.78, 5) is 11.3. The van der Waals surface area contributed by atoms with Gasteiger partial charge in [0.1, 0.15) is 0 Å². The molecule has 0 radical (unpaired) electrons. The van der Waals surface area contributed by atoms with E-state index < -0.39 is 12.7 Å².